The van der Waals surface area contributed by atoms with Gasteiger partial charge in [-0.15, -0.1) is 0 Å². The van der Waals surface area contributed by atoms with Crippen molar-refractivity contribution in [2.24, 2.45) is 0 Å². The Balaban J connectivity index is 2.33. The zero-order valence-electron chi connectivity index (χ0n) is 12.5. The van der Waals surface area contributed by atoms with E-state index in [4.69, 9.17) is 13.9 Å². The average molecular weight is 314 g/mol. The third kappa shape index (κ3) is 2.44. The molecule has 0 radical (unpaired) electrons. The lowest BCUT2D eigenvalue weighted by atomic mass is 10.1. The summed E-state index contributed by atoms with van der Waals surface area (Å²) in [7, 11) is 2.81. The lowest BCUT2D eigenvalue weighted by molar-refractivity contribution is 0.365. The van der Waals surface area contributed by atoms with Gasteiger partial charge in [-0.05, 0) is 24.3 Å². The Bertz CT molecular complexity index is 924. The molecule has 0 atom stereocenters. The van der Waals surface area contributed by atoms with E-state index in [9.17, 15) is 15.0 Å². The summed E-state index contributed by atoms with van der Waals surface area (Å²) in [5.74, 6) is 0.503. The molecule has 2 N–H and O–H groups in total. The largest absolute Gasteiger partial charge is 0.508 e. The number of phenols is 2. The molecule has 0 aliphatic carbocycles. The van der Waals surface area contributed by atoms with E-state index in [1.807, 2.05) is 0 Å². The summed E-state index contributed by atoms with van der Waals surface area (Å²) in [6, 6.07) is 8.93. The van der Waals surface area contributed by atoms with Crippen LogP contribution in [0.5, 0.6) is 23.0 Å². The maximum absolute atomic E-state index is 12.4. The Morgan fingerprint density at radius 2 is 1.61 bits per heavy atom. The first-order chi connectivity index (χ1) is 11.0. The molecule has 0 saturated carbocycles. The molecule has 3 rings (SSSR count). The standard InChI is InChI=1S/C17H14O6/c1-21-13-8-14(22-2)17-15(16(13)20)11(19)7-12(23-17)9-3-5-10(18)6-4-9/h3-8,18,20H,1-2H3. The van der Waals surface area contributed by atoms with Crippen LogP contribution in [0.1, 0.15) is 0 Å². The van der Waals surface area contributed by atoms with Crippen molar-refractivity contribution in [3.63, 3.8) is 0 Å². The molecule has 6 heteroatoms. The summed E-state index contributed by atoms with van der Waals surface area (Å²) in [6.07, 6.45) is 0. The van der Waals surface area contributed by atoms with Gasteiger partial charge in [-0.25, -0.2) is 0 Å². The summed E-state index contributed by atoms with van der Waals surface area (Å²) in [5.41, 5.74) is 0.310. The third-order valence-corrected chi connectivity index (χ3v) is 3.50. The van der Waals surface area contributed by atoms with Crippen LogP contribution in [-0.2, 0) is 0 Å². The molecule has 0 spiro atoms. The highest BCUT2D eigenvalue weighted by Gasteiger charge is 2.19. The van der Waals surface area contributed by atoms with E-state index in [0.717, 1.165) is 0 Å². The Kier molecular flexibility index (Phi) is 3.57. The van der Waals surface area contributed by atoms with Gasteiger partial charge in [0.15, 0.2) is 28.3 Å². The SMILES string of the molecule is COc1cc(OC)c2oc(-c3ccc(O)cc3)cc(=O)c2c1O. The summed E-state index contributed by atoms with van der Waals surface area (Å²) < 4.78 is 16.0. The summed E-state index contributed by atoms with van der Waals surface area (Å²) in [6.45, 7) is 0. The van der Waals surface area contributed by atoms with Crippen molar-refractivity contribution in [3.8, 4) is 34.3 Å². The second-order valence-corrected chi connectivity index (χ2v) is 4.86. The van der Waals surface area contributed by atoms with Crippen molar-refractivity contribution in [3.05, 3.63) is 46.6 Å². The van der Waals surface area contributed by atoms with Crippen LogP contribution < -0.4 is 14.9 Å². The van der Waals surface area contributed by atoms with Crippen molar-refractivity contribution in [1.82, 2.24) is 0 Å². The van der Waals surface area contributed by atoms with Gasteiger partial charge in [-0.1, -0.05) is 0 Å². The monoisotopic (exact) mass is 314 g/mol. The molecule has 0 unspecified atom stereocenters. The van der Waals surface area contributed by atoms with Crippen LogP contribution in [0.25, 0.3) is 22.3 Å². The zero-order valence-corrected chi connectivity index (χ0v) is 12.5. The van der Waals surface area contributed by atoms with E-state index in [1.54, 1.807) is 12.1 Å². The predicted molar refractivity (Wildman–Crippen MR) is 84.4 cm³/mol. The first kappa shape index (κ1) is 14.8. The third-order valence-electron chi connectivity index (χ3n) is 3.50. The van der Waals surface area contributed by atoms with Crippen LogP contribution in [0.15, 0.2) is 45.6 Å². The minimum Gasteiger partial charge on any atom is -0.508 e. The molecule has 0 saturated heterocycles. The van der Waals surface area contributed by atoms with Gasteiger partial charge >= 0.3 is 0 Å². The average Bonchev–Trinajstić information content (AvgIpc) is 2.55. The highest BCUT2D eigenvalue weighted by Crippen LogP contribution is 2.40. The molecule has 2 aromatic carbocycles. The molecule has 1 heterocycles. The van der Waals surface area contributed by atoms with Gasteiger partial charge < -0.3 is 24.1 Å². The van der Waals surface area contributed by atoms with Crippen LogP contribution in [0, 0.1) is 0 Å². The van der Waals surface area contributed by atoms with Gasteiger partial charge in [-0.3, -0.25) is 4.79 Å². The van der Waals surface area contributed by atoms with E-state index in [2.05, 4.69) is 0 Å². The number of hydrogen-bond donors (Lipinski definition) is 2. The Labute approximate surface area is 131 Å². The van der Waals surface area contributed by atoms with E-state index in [0.29, 0.717) is 11.3 Å². The number of methoxy groups -OCH3 is 2. The number of aromatic hydroxyl groups is 2. The Hall–Kier alpha value is -3.15. The molecule has 0 amide bonds. The molecule has 23 heavy (non-hydrogen) atoms. The summed E-state index contributed by atoms with van der Waals surface area (Å²) in [5, 5.41) is 19.5. The fourth-order valence-corrected chi connectivity index (χ4v) is 2.34. The van der Waals surface area contributed by atoms with Crippen LogP contribution in [-0.4, -0.2) is 24.4 Å². The van der Waals surface area contributed by atoms with Gasteiger partial charge in [0.05, 0.1) is 14.2 Å². The molecular formula is C17H14O6. The van der Waals surface area contributed by atoms with E-state index >= 15 is 0 Å². The molecular weight excluding hydrogens is 300 g/mol. The van der Waals surface area contributed by atoms with Crippen LogP contribution in [0.2, 0.25) is 0 Å². The van der Waals surface area contributed by atoms with Gasteiger partial charge in [-0.2, -0.15) is 0 Å². The number of ether oxygens (including phenoxy) is 2. The number of rotatable bonds is 3. The van der Waals surface area contributed by atoms with Crippen molar-refractivity contribution in [2.45, 2.75) is 0 Å². The first-order valence-electron chi connectivity index (χ1n) is 6.76. The van der Waals surface area contributed by atoms with Crippen LogP contribution in [0.3, 0.4) is 0 Å². The van der Waals surface area contributed by atoms with Crippen LogP contribution in [0.4, 0.5) is 0 Å². The Morgan fingerprint density at radius 1 is 0.957 bits per heavy atom. The van der Waals surface area contributed by atoms with E-state index in [-0.39, 0.29) is 34.0 Å². The van der Waals surface area contributed by atoms with Gasteiger partial charge in [0.25, 0.3) is 0 Å². The van der Waals surface area contributed by atoms with E-state index < -0.39 is 5.43 Å². The molecule has 0 bridgehead atoms. The highest BCUT2D eigenvalue weighted by atomic mass is 16.5. The second kappa shape index (κ2) is 5.57. The van der Waals surface area contributed by atoms with E-state index in [1.165, 1.54) is 38.5 Å². The lowest BCUT2D eigenvalue weighted by Gasteiger charge is -2.11. The maximum Gasteiger partial charge on any atom is 0.197 e. The topological polar surface area (TPSA) is 89.1 Å². The summed E-state index contributed by atoms with van der Waals surface area (Å²) in [4.78, 5) is 12.4. The summed E-state index contributed by atoms with van der Waals surface area (Å²) >= 11 is 0. The van der Waals surface area contributed by atoms with Crippen molar-refractivity contribution in [2.75, 3.05) is 14.2 Å². The fourth-order valence-electron chi connectivity index (χ4n) is 2.34. The second-order valence-electron chi connectivity index (χ2n) is 4.86. The maximum atomic E-state index is 12.4. The Morgan fingerprint density at radius 3 is 2.22 bits per heavy atom. The molecule has 0 fully saturated rings. The molecule has 118 valence electrons. The van der Waals surface area contributed by atoms with Gasteiger partial charge in [0.1, 0.15) is 16.9 Å². The smallest absolute Gasteiger partial charge is 0.197 e. The first-order valence-corrected chi connectivity index (χ1v) is 6.76. The molecule has 3 aromatic rings. The number of fused-ring (bicyclic) bond motifs is 1. The predicted octanol–water partition coefficient (Wildman–Crippen LogP) is 2.89. The molecule has 1 aromatic heterocycles. The number of phenolic OH excluding ortho intramolecular Hbond substituents is 2. The van der Waals surface area contributed by atoms with Gasteiger partial charge in [0, 0.05) is 17.7 Å². The minimum atomic E-state index is -0.427. The lowest BCUT2D eigenvalue weighted by Crippen LogP contribution is -2.03. The van der Waals surface area contributed by atoms with Crippen LogP contribution >= 0.6 is 0 Å². The normalized spacial score (nSPS) is 10.7. The molecule has 0 aliphatic heterocycles. The van der Waals surface area contributed by atoms with Crippen molar-refractivity contribution < 1.29 is 24.1 Å². The highest BCUT2D eigenvalue weighted by molar-refractivity contribution is 5.91. The number of hydrogen-bond acceptors (Lipinski definition) is 6. The molecule has 0 aliphatic rings. The fraction of sp³-hybridized carbons (Fsp3) is 0.118. The van der Waals surface area contributed by atoms with Crippen molar-refractivity contribution >= 4 is 11.0 Å². The molecule has 6 nitrogen and oxygen atoms in total. The quantitative estimate of drug-likeness (QED) is 0.772. The van der Waals surface area contributed by atoms with Crippen molar-refractivity contribution in [1.29, 1.82) is 0 Å². The number of benzene rings is 2. The zero-order chi connectivity index (χ0) is 16.6. The minimum absolute atomic E-state index is 0.0104. The van der Waals surface area contributed by atoms with Gasteiger partial charge in [0.2, 0.25) is 0 Å².